The van der Waals surface area contributed by atoms with Crippen LogP contribution in [-0.4, -0.2) is 42.1 Å². The molecule has 0 aromatic carbocycles. The lowest BCUT2D eigenvalue weighted by Gasteiger charge is -2.25. The van der Waals surface area contributed by atoms with Crippen LogP contribution in [0.1, 0.15) is 36.8 Å². The Balaban J connectivity index is 1.79. The zero-order valence-electron chi connectivity index (χ0n) is 11.6. The van der Waals surface area contributed by atoms with Crippen LogP contribution in [0.2, 0.25) is 0 Å². The Hall–Kier alpha value is -0.450. The highest BCUT2D eigenvalue weighted by molar-refractivity contribution is 7.09. The van der Waals surface area contributed by atoms with Crippen molar-refractivity contribution in [1.82, 2.24) is 15.2 Å². The molecule has 1 atom stereocenters. The minimum Gasteiger partial charge on any atom is -0.313 e. The number of hydrogen-bond donors (Lipinski definition) is 1. The van der Waals surface area contributed by atoms with E-state index in [9.17, 15) is 0 Å². The first-order valence-electron chi connectivity index (χ1n) is 7.14. The van der Waals surface area contributed by atoms with Crippen molar-refractivity contribution in [3.05, 3.63) is 16.1 Å². The second kappa shape index (κ2) is 7.22. The van der Waals surface area contributed by atoms with Crippen LogP contribution in [-0.2, 0) is 6.42 Å². The molecule has 1 saturated heterocycles. The van der Waals surface area contributed by atoms with Crippen molar-refractivity contribution < 1.29 is 0 Å². The van der Waals surface area contributed by atoms with Gasteiger partial charge in [-0.05, 0) is 45.7 Å². The maximum absolute atomic E-state index is 4.33. The van der Waals surface area contributed by atoms with E-state index >= 15 is 0 Å². The molecule has 0 amide bonds. The first-order valence-corrected chi connectivity index (χ1v) is 8.02. The van der Waals surface area contributed by atoms with E-state index in [1.54, 1.807) is 11.3 Å². The van der Waals surface area contributed by atoms with E-state index in [4.69, 9.17) is 0 Å². The molecule has 0 aliphatic carbocycles. The fourth-order valence-corrected chi connectivity index (χ4v) is 3.43. The van der Waals surface area contributed by atoms with E-state index in [-0.39, 0.29) is 0 Å². The Morgan fingerprint density at radius 3 is 3.00 bits per heavy atom. The summed E-state index contributed by atoms with van der Waals surface area (Å²) < 4.78 is 0. The van der Waals surface area contributed by atoms with Crippen LogP contribution in [0.15, 0.2) is 5.51 Å². The van der Waals surface area contributed by atoms with Crippen LogP contribution in [0.4, 0.5) is 0 Å². The first kappa shape index (κ1) is 14.0. The predicted octanol–water partition coefficient (Wildman–Crippen LogP) is 2.46. The highest BCUT2D eigenvalue weighted by atomic mass is 32.1. The molecule has 0 spiro atoms. The number of thiazole rings is 1. The van der Waals surface area contributed by atoms with Gasteiger partial charge in [-0.25, -0.2) is 4.98 Å². The highest BCUT2D eigenvalue weighted by Gasteiger charge is 2.17. The molecule has 1 aliphatic heterocycles. The topological polar surface area (TPSA) is 28.2 Å². The molecule has 102 valence electrons. The van der Waals surface area contributed by atoms with Crippen molar-refractivity contribution in [3.63, 3.8) is 0 Å². The van der Waals surface area contributed by atoms with E-state index in [1.165, 1.54) is 56.0 Å². The lowest BCUT2D eigenvalue weighted by molar-refractivity contribution is 0.252. The van der Waals surface area contributed by atoms with Gasteiger partial charge in [-0.3, -0.25) is 0 Å². The van der Waals surface area contributed by atoms with Gasteiger partial charge in [0.2, 0.25) is 0 Å². The molecule has 1 aromatic heterocycles. The molecule has 1 fully saturated rings. The maximum atomic E-state index is 4.33. The lowest BCUT2D eigenvalue weighted by Crippen LogP contribution is -2.39. The summed E-state index contributed by atoms with van der Waals surface area (Å²) in [7, 11) is 0. The van der Waals surface area contributed by atoms with Gasteiger partial charge in [0, 0.05) is 24.0 Å². The van der Waals surface area contributed by atoms with Crippen LogP contribution in [0.3, 0.4) is 0 Å². The summed E-state index contributed by atoms with van der Waals surface area (Å²) >= 11 is 1.80. The standard InChI is InChI=1S/C14H25N3S/c1-3-8-17(10-13-5-4-7-15-13)9-6-14-12(2)16-11-18-14/h11,13,15H,3-10H2,1-2H3. The maximum Gasteiger partial charge on any atom is 0.0797 e. The summed E-state index contributed by atoms with van der Waals surface area (Å²) in [5.41, 5.74) is 3.18. The molecule has 2 heterocycles. The Bertz CT molecular complexity index is 345. The summed E-state index contributed by atoms with van der Waals surface area (Å²) in [6.07, 6.45) is 5.09. The zero-order chi connectivity index (χ0) is 12.8. The summed E-state index contributed by atoms with van der Waals surface area (Å²) in [5, 5.41) is 3.60. The predicted molar refractivity (Wildman–Crippen MR) is 78.3 cm³/mol. The number of nitrogens with zero attached hydrogens (tertiary/aromatic N) is 2. The van der Waals surface area contributed by atoms with Crippen molar-refractivity contribution >= 4 is 11.3 Å². The van der Waals surface area contributed by atoms with Gasteiger partial charge < -0.3 is 10.2 Å². The summed E-state index contributed by atoms with van der Waals surface area (Å²) in [6, 6.07) is 0.721. The lowest BCUT2D eigenvalue weighted by atomic mass is 10.2. The number of nitrogens with one attached hydrogen (secondary N) is 1. The summed E-state index contributed by atoms with van der Waals surface area (Å²) in [4.78, 5) is 8.40. The van der Waals surface area contributed by atoms with E-state index in [0.29, 0.717) is 0 Å². The monoisotopic (exact) mass is 267 g/mol. The minimum atomic E-state index is 0.721. The third kappa shape index (κ3) is 4.04. The van der Waals surface area contributed by atoms with Crippen LogP contribution >= 0.6 is 11.3 Å². The molecule has 4 heteroatoms. The first-order chi connectivity index (χ1) is 8.79. The van der Waals surface area contributed by atoms with Gasteiger partial charge >= 0.3 is 0 Å². The molecule has 18 heavy (non-hydrogen) atoms. The summed E-state index contributed by atoms with van der Waals surface area (Å²) in [6.45, 7) is 9.21. The molecule has 1 N–H and O–H groups in total. The van der Waals surface area contributed by atoms with Crippen molar-refractivity contribution in [2.75, 3.05) is 26.2 Å². The summed E-state index contributed by atoms with van der Waals surface area (Å²) in [5.74, 6) is 0. The van der Waals surface area contributed by atoms with E-state index in [2.05, 4.69) is 29.0 Å². The van der Waals surface area contributed by atoms with Crippen LogP contribution in [0.5, 0.6) is 0 Å². The third-order valence-electron chi connectivity index (χ3n) is 3.68. The number of aromatic nitrogens is 1. The average Bonchev–Trinajstić information content (AvgIpc) is 2.98. The van der Waals surface area contributed by atoms with Gasteiger partial charge in [-0.2, -0.15) is 0 Å². The molecular weight excluding hydrogens is 242 g/mol. The van der Waals surface area contributed by atoms with E-state index in [0.717, 1.165) is 12.5 Å². The molecule has 1 unspecified atom stereocenters. The molecule has 2 rings (SSSR count). The fourth-order valence-electron chi connectivity index (χ4n) is 2.66. The van der Waals surface area contributed by atoms with Gasteiger partial charge in [0.1, 0.15) is 0 Å². The molecular formula is C14H25N3S. The molecule has 0 bridgehead atoms. The van der Waals surface area contributed by atoms with Gasteiger partial charge in [0.15, 0.2) is 0 Å². The Morgan fingerprint density at radius 2 is 2.39 bits per heavy atom. The van der Waals surface area contributed by atoms with Crippen LogP contribution in [0.25, 0.3) is 0 Å². The van der Waals surface area contributed by atoms with Crippen LogP contribution in [0, 0.1) is 6.92 Å². The van der Waals surface area contributed by atoms with Gasteiger partial charge in [0.05, 0.1) is 11.2 Å². The third-order valence-corrected chi connectivity index (χ3v) is 4.68. The Kier molecular flexibility index (Phi) is 5.60. The van der Waals surface area contributed by atoms with Crippen molar-refractivity contribution in [2.45, 2.75) is 45.6 Å². The van der Waals surface area contributed by atoms with Gasteiger partial charge in [-0.15, -0.1) is 11.3 Å². The molecule has 1 aromatic rings. The highest BCUT2D eigenvalue weighted by Crippen LogP contribution is 2.14. The smallest absolute Gasteiger partial charge is 0.0797 e. The largest absolute Gasteiger partial charge is 0.313 e. The van der Waals surface area contributed by atoms with Crippen molar-refractivity contribution in [2.24, 2.45) is 0 Å². The molecule has 1 aliphatic rings. The van der Waals surface area contributed by atoms with Gasteiger partial charge in [-0.1, -0.05) is 6.92 Å². The normalized spacial score (nSPS) is 19.8. The van der Waals surface area contributed by atoms with Crippen molar-refractivity contribution in [1.29, 1.82) is 0 Å². The zero-order valence-corrected chi connectivity index (χ0v) is 12.4. The molecule has 3 nitrogen and oxygen atoms in total. The average molecular weight is 267 g/mol. The number of rotatable bonds is 7. The Labute approximate surface area is 115 Å². The van der Waals surface area contributed by atoms with E-state index < -0.39 is 0 Å². The number of hydrogen-bond acceptors (Lipinski definition) is 4. The second-order valence-corrected chi connectivity index (χ2v) is 6.14. The van der Waals surface area contributed by atoms with E-state index in [1.807, 2.05) is 5.51 Å². The Morgan fingerprint density at radius 1 is 1.50 bits per heavy atom. The van der Waals surface area contributed by atoms with Crippen molar-refractivity contribution in [3.8, 4) is 0 Å². The molecule has 0 saturated carbocycles. The molecule has 0 radical (unpaired) electrons. The van der Waals surface area contributed by atoms with Crippen LogP contribution < -0.4 is 5.32 Å². The quantitative estimate of drug-likeness (QED) is 0.822. The van der Waals surface area contributed by atoms with Gasteiger partial charge in [0.25, 0.3) is 0 Å². The SMILES string of the molecule is CCCN(CCc1scnc1C)CC1CCCN1. The fraction of sp³-hybridized carbons (Fsp3) is 0.786. The minimum absolute atomic E-state index is 0.721. The number of aryl methyl sites for hydroxylation is 1. The second-order valence-electron chi connectivity index (χ2n) is 5.20.